The SMILES string of the molecule is COC(=O)c1noc(C)c2c(-c3ccc(OC(C)=O)cc3)ccc1-2. The van der Waals surface area contributed by atoms with Crippen LogP contribution in [0.5, 0.6) is 5.75 Å². The smallest absolute Gasteiger partial charge is 0.360 e. The Hall–Kier alpha value is -3.15. The lowest BCUT2D eigenvalue weighted by Crippen LogP contribution is -2.07. The van der Waals surface area contributed by atoms with E-state index in [1.54, 1.807) is 19.1 Å². The molecular weight excluding hydrogens is 310 g/mol. The van der Waals surface area contributed by atoms with E-state index in [0.29, 0.717) is 17.1 Å². The van der Waals surface area contributed by atoms with Gasteiger partial charge in [-0.1, -0.05) is 29.4 Å². The number of fused-ring (bicyclic) bond motifs is 1. The molecule has 0 spiro atoms. The largest absolute Gasteiger partial charge is 0.464 e. The minimum atomic E-state index is -0.550. The van der Waals surface area contributed by atoms with Gasteiger partial charge >= 0.3 is 11.9 Å². The zero-order valence-corrected chi connectivity index (χ0v) is 13.5. The number of methoxy groups -OCH3 is 1. The standard InChI is InChI=1S/C18H15NO5/c1-10-16-14(12-4-6-13(7-5-12)23-11(2)20)8-9-15(16)17(19-24-10)18(21)22-3/h4-9H,1-3H3. The minimum absolute atomic E-state index is 0.140. The monoisotopic (exact) mass is 325 g/mol. The molecule has 0 N–H and O–H groups in total. The summed E-state index contributed by atoms with van der Waals surface area (Å²) in [4.78, 5) is 22.8. The summed E-state index contributed by atoms with van der Waals surface area (Å²) >= 11 is 0. The van der Waals surface area contributed by atoms with Crippen molar-refractivity contribution in [3.63, 3.8) is 0 Å². The number of hydrogen-bond acceptors (Lipinski definition) is 6. The van der Waals surface area contributed by atoms with E-state index < -0.39 is 5.97 Å². The molecule has 0 saturated heterocycles. The van der Waals surface area contributed by atoms with E-state index in [1.165, 1.54) is 14.0 Å². The van der Waals surface area contributed by atoms with Crippen molar-refractivity contribution in [1.29, 1.82) is 0 Å². The predicted molar refractivity (Wildman–Crippen MR) is 85.9 cm³/mol. The zero-order chi connectivity index (χ0) is 17.3. The second kappa shape index (κ2) is 6.16. The normalized spacial score (nSPS) is 10.6. The Morgan fingerprint density at radius 2 is 1.71 bits per heavy atom. The highest BCUT2D eigenvalue weighted by Gasteiger charge is 2.24. The Kier molecular flexibility index (Phi) is 4.04. The molecule has 1 aromatic carbocycles. The summed E-state index contributed by atoms with van der Waals surface area (Å²) in [6.07, 6.45) is 0. The summed E-state index contributed by atoms with van der Waals surface area (Å²) < 4.78 is 15.0. The highest BCUT2D eigenvalue weighted by atomic mass is 16.5. The minimum Gasteiger partial charge on any atom is -0.464 e. The number of nitrogens with zero attached hydrogens (tertiary/aromatic N) is 1. The van der Waals surface area contributed by atoms with Crippen molar-refractivity contribution in [3.8, 4) is 28.0 Å². The van der Waals surface area contributed by atoms with Crippen molar-refractivity contribution < 1.29 is 23.6 Å². The molecule has 0 fully saturated rings. The molecule has 6 heteroatoms. The van der Waals surface area contributed by atoms with Crippen molar-refractivity contribution in [1.82, 2.24) is 5.16 Å². The number of aryl methyl sites for hydroxylation is 1. The highest BCUT2D eigenvalue weighted by molar-refractivity contribution is 6.00. The van der Waals surface area contributed by atoms with Crippen LogP contribution in [0.1, 0.15) is 23.2 Å². The second-order valence-electron chi connectivity index (χ2n) is 5.23. The van der Waals surface area contributed by atoms with Crippen LogP contribution in [0, 0.1) is 6.92 Å². The Morgan fingerprint density at radius 3 is 2.33 bits per heavy atom. The van der Waals surface area contributed by atoms with Gasteiger partial charge in [0.05, 0.1) is 7.11 Å². The van der Waals surface area contributed by atoms with Crippen molar-refractivity contribution in [3.05, 3.63) is 47.9 Å². The molecule has 24 heavy (non-hydrogen) atoms. The Morgan fingerprint density at radius 1 is 1.04 bits per heavy atom. The molecule has 1 aliphatic heterocycles. The molecule has 2 aliphatic rings. The van der Waals surface area contributed by atoms with Crippen LogP contribution in [0.15, 0.2) is 40.9 Å². The quantitative estimate of drug-likeness (QED) is 0.542. The van der Waals surface area contributed by atoms with E-state index in [9.17, 15) is 9.59 Å². The van der Waals surface area contributed by atoms with Crippen molar-refractivity contribution in [2.75, 3.05) is 7.11 Å². The maximum absolute atomic E-state index is 11.8. The first-order chi connectivity index (χ1) is 11.5. The third-order valence-corrected chi connectivity index (χ3v) is 3.64. The molecule has 122 valence electrons. The second-order valence-corrected chi connectivity index (χ2v) is 5.23. The Balaban J connectivity index is 2.05. The fourth-order valence-electron chi connectivity index (χ4n) is 2.62. The summed E-state index contributed by atoms with van der Waals surface area (Å²) in [6.45, 7) is 3.14. The highest BCUT2D eigenvalue weighted by Crippen LogP contribution is 2.39. The molecule has 1 heterocycles. The van der Waals surface area contributed by atoms with E-state index in [-0.39, 0.29) is 11.7 Å². The third kappa shape index (κ3) is 2.74. The average Bonchev–Trinajstić information content (AvgIpc) is 3.00. The molecule has 0 bridgehead atoms. The van der Waals surface area contributed by atoms with Gasteiger partial charge in [0, 0.05) is 18.1 Å². The van der Waals surface area contributed by atoms with Gasteiger partial charge in [0.15, 0.2) is 5.69 Å². The van der Waals surface area contributed by atoms with Crippen LogP contribution in [0.2, 0.25) is 0 Å². The van der Waals surface area contributed by atoms with Crippen LogP contribution in [0.25, 0.3) is 22.3 Å². The Labute approximate surface area is 138 Å². The van der Waals surface area contributed by atoms with E-state index in [4.69, 9.17) is 14.0 Å². The lowest BCUT2D eigenvalue weighted by Gasteiger charge is -2.10. The molecular formula is C18H15NO5. The Bertz CT molecular complexity index is 879. The topological polar surface area (TPSA) is 78.6 Å². The average molecular weight is 325 g/mol. The van der Waals surface area contributed by atoms with Crippen LogP contribution < -0.4 is 4.74 Å². The maximum atomic E-state index is 11.8. The predicted octanol–water partition coefficient (Wildman–Crippen LogP) is 3.47. The number of esters is 2. The van der Waals surface area contributed by atoms with Gasteiger partial charge in [-0.3, -0.25) is 4.79 Å². The summed E-state index contributed by atoms with van der Waals surface area (Å²) in [5, 5.41) is 3.82. The van der Waals surface area contributed by atoms with Crippen LogP contribution in [0.4, 0.5) is 0 Å². The number of rotatable bonds is 3. The first-order valence-electron chi connectivity index (χ1n) is 7.27. The van der Waals surface area contributed by atoms with Crippen LogP contribution in [-0.2, 0) is 9.53 Å². The first-order valence-corrected chi connectivity index (χ1v) is 7.27. The fraction of sp³-hybridized carbons (Fsp3) is 0.167. The van der Waals surface area contributed by atoms with Crippen molar-refractivity contribution in [2.45, 2.75) is 13.8 Å². The van der Waals surface area contributed by atoms with E-state index >= 15 is 0 Å². The summed E-state index contributed by atoms with van der Waals surface area (Å²) in [6, 6.07) is 10.8. The lowest BCUT2D eigenvalue weighted by atomic mass is 9.99. The van der Waals surface area contributed by atoms with Gasteiger partial charge in [-0.05, 0) is 30.2 Å². The van der Waals surface area contributed by atoms with Gasteiger partial charge in [-0.2, -0.15) is 0 Å². The van der Waals surface area contributed by atoms with Crippen molar-refractivity contribution in [2.24, 2.45) is 0 Å². The molecule has 0 radical (unpaired) electrons. The van der Waals surface area contributed by atoms with E-state index in [0.717, 1.165) is 16.7 Å². The number of carbonyl (C=O) groups excluding carboxylic acids is 2. The molecule has 0 atom stereocenters. The van der Waals surface area contributed by atoms with Crippen molar-refractivity contribution >= 4 is 11.9 Å². The van der Waals surface area contributed by atoms with Crippen LogP contribution in [-0.4, -0.2) is 24.2 Å². The number of benzene rings is 1. The molecule has 6 nitrogen and oxygen atoms in total. The van der Waals surface area contributed by atoms with E-state index in [1.807, 2.05) is 24.3 Å². The summed E-state index contributed by atoms with van der Waals surface area (Å²) in [5.41, 5.74) is 3.41. The van der Waals surface area contributed by atoms with Gasteiger partial charge in [-0.25, -0.2) is 4.79 Å². The summed E-state index contributed by atoms with van der Waals surface area (Å²) in [7, 11) is 1.30. The number of aromatic nitrogens is 1. The molecule has 1 aromatic rings. The van der Waals surface area contributed by atoms with E-state index in [2.05, 4.69) is 5.16 Å². The number of ether oxygens (including phenoxy) is 2. The van der Waals surface area contributed by atoms with Gasteiger partial charge in [0.2, 0.25) is 0 Å². The lowest BCUT2D eigenvalue weighted by molar-refractivity contribution is -0.131. The fourth-order valence-corrected chi connectivity index (χ4v) is 2.62. The van der Waals surface area contributed by atoms with Gasteiger partial charge in [-0.15, -0.1) is 0 Å². The number of hydrogen-bond donors (Lipinski definition) is 0. The van der Waals surface area contributed by atoms with Gasteiger partial charge in [0.1, 0.15) is 11.5 Å². The van der Waals surface area contributed by atoms with Crippen LogP contribution in [0.3, 0.4) is 0 Å². The van der Waals surface area contributed by atoms with Crippen LogP contribution >= 0.6 is 0 Å². The molecule has 0 amide bonds. The molecule has 0 unspecified atom stereocenters. The van der Waals surface area contributed by atoms with Gasteiger partial charge in [0.25, 0.3) is 0 Å². The summed E-state index contributed by atoms with van der Waals surface area (Å²) in [5.74, 6) is 0.151. The number of carbonyl (C=O) groups is 2. The first kappa shape index (κ1) is 15.7. The van der Waals surface area contributed by atoms with Gasteiger partial charge < -0.3 is 14.0 Å². The third-order valence-electron chi connectivity index (χ3n) is 3.64. The molecule has 0 aromatic heterocycles. The molecule has 1 aliphatic carbocycles. The molecule has 0 saturated carbocycles. The zero-order valence-electron chi connectivity index (χ0n) is 13.5. The molecule has 3 rings (SSSR count). The maximum Gasteiger partial charge on any atom is 0.360 e.